The lowest BCUT2D eigenvalue weighted by Gasteiger charge is -2.25. The highest BCUT2D eigenvalue weighted by Gasteiger charge is 2.20. The second-order valence-electron chi connectivity index (χ2n) is 6.32. The molecule has 2 rings (SSSR count). The molecule has 1 saturated carbocycles. The van der Waals surface area contributed by atoms with Crippen LogP contribution in [-0.4, -0.2) is 27.5 Å². The predicted molar refractivity (Wildman–Crippen MR) is 84.8 cm³/mol. The lowest BCUT2D eigenvalue weighted by molar-refractivity contribution is 0.161. The van der Waals surface area contributed by atoms with Gasteiger partial charge in [-0.25, -0.2) is 4.68 Å². The van der Waals surface area contributed by atoms with Gasteiger partial charge < -0.3 is 10.4 Å². The molecular weight excluding hydrogens is 290 g/mol. The Kier molecular flexibility index (Phi) is 5.65. The Labute approximate surface area is 130 Å². The molecule has 0 saturated heterocycles. The van der Waals surface area contributed by atoms with Gasteiger partial charge in [0.05, 0.1) is 17.3 Å². The molecule has 0 radical (unpaired) electrons. The summed E-state index contributed by atoms with van der Waals surface area (Å²) < 4.78 is 1.48. The molecule has 6 heteroatoms. The molecule has 2 N–H and O–H groups in total. The Morgan fingerprint density at radius 1 is 1.52 bits per heavy atom. The summed E-state index contributed by atoms with van der Waals surface area (Å²) in [6, 6.07) is 0. The normalized spacial score (nSPS) is 16.8. The van der Waals surface area contributed by atoms with Gasteiger partial charge >= 0.3 is 0 Å². The number of aliphatic hydroxyl groups is 1. The fraction of sp³-hybridized carbons (Fsp3) is 0.733. The molecule has 1 heterocycles. The van der Waals surface area contributed by atoms with Gasteiger partial charge in [-0.05, 0) is 31.1 Å². The van der Waals surface area contributed by atoms with Crippen molar-refractivity contribution in [3.05, 3.63) is 21.6 Å². The van der Waals surface area contributed by atoms with Crippen LogP contribution in [0.4, 0.5) is 5.69 Å². The zero-order valence-corrected chi connectivity index (χ0v) is 13.4. The third kappa shape index (κ3) is 4.45. The maximum Gasteiger partial charge on any atom is 0.291 e. The number of anilines is 1. The van der Waals surface area contributed by atoms with Crippen molar-refractivity contribution in [2.24, 2.45) is 11.8 Å². The minimum atomic E-state index is -0.492. The van der Waals surface area contributed by atoms with Crippen molar-refractivity contribution in [2.45, 2.75) is 52.2 Å². The quantitative estimate of drug-likeness (QED) is 0.811. The number of aliphatic hydroxyl groups excluding tert-OH is 1. The lowest BCUT2D eigenvalue weighted by Crippen LogP contribution is -2.32. The molecule has 1 aromatic heterocycles. The summed E-state index contributed by atoms with van der Waals surface area (Å²) in [5, 5.41) is 17.3. The summed E-state index contributed by atoms with van der Waals surface area (Å²) in [6.45, 7) is 5.07. The van der Waals surface area contributed by atoms with Crippen LogP contribution >= 0.6 is 11.6 Å². The first-order valence-corrected chi connectivity index (χ1v) is 8.02. The van der Waals surface area contributed by atoms with Gasteiger partial charge in [0.25, 0.3) is 5.56 Å². The summed E-state index contributed by atoms with van der Waals surface area (Å²) in [6.07, 6.45) is 5.25. The Bertz CT molecular complexity index is 526. The minimum Gasteiger partial charge on any atom is -0.391 e. The van der Waals surface area contributed by atoms with Gasteiger partial charge in [0, 0.05) is 13.1 Å². The van der Waals surface area contributed by atoms with Crippen molar-refractivity contribution in [1.29, 1.82) is 0 Å². The Hall–Kier alpha value is -1.07. The van der Waals surface area contributed by atoms with Gasteiger partial charge in [-0.2, -0.15) is 5.10 Å². The average Bonchev–Trinajstić information content (AvgIpc) is 2.34. The molecule has 1 unspecified atom stereocenters. The van der Waals surface area contributed by atoms with Crippen LogP contribution in [0, 0.1) is 11.8 Å². The minimum absolute atomic E-state index is 0.203. The molecule has 0 spiro atoms. The van der Waals surface area contributed by atoms with E-state index in [1.54, 1.807) is 0 Å². The predicted octanol–water partition coefficient (Wildman–Crippen LogP) is 2.52. The van der Waals surface area contributed by atoms with Gasteiger partial charge in [0.15, 0.2) is 0 Å². The topological polar surface area (TPSA) is 67.2 Å². The number of hydrogen-bond donors (Lipinski definition) is 2. The molecule has 0 bridgehead atoms. The van der Waals surface area contributed by atoms with Crippen LogP contribution in [0.5, 0.6) is 0 Å². The van der Waals surface area contributed by atoms with Crippen LogP contribution in [-0.2, 0) is 6.54 Å². The van der Waals surface area contributed by atoms with Crippen molar-refractivity contribution in [2.75, 3.05) is 11.9 Å². The van der Waals surface area contributed by atoms with Crippen molar-refractivity contribution >= 4 is 17.3 Å². The van der Waals surface area contributed by atoms with Crippen molar-refractivity contribution in [1.82, 2.24) is 9.78 Å². The monoisotopic (exact) mass is 313 g/mol. The fourth-order valence-electron chi connectivity index (χ4n) is 2.53. The van der Waals surface area contributed by atoms with E-state index < -0.39 is 6.10 Å². The van der Waals surface area contributed by atoms with Crippen LogP contribution < -0.4 is 10.9 Å². The highest BCUT2D eigenvalue weighted by Crippen LogP contribution is 2.27. The second-order valence-corrected chi connectivity index (χ2v) is 6.72. The second kappa shape index (κ2) is 7.27. The molecule has 118 valence electrons. The third-order valence-corrected chi connectivity index (χ3v) is 4.20. The van der Waals surface area contributed by atoms with E-state index in [1.165, 1.54) is 17.3 Å². The van der Waals surface area contributed by atoms with E-state index in [1.807, 2.05) is 13.8 Å². The van der Waals surface area contributed by atoms with E-state index in [4.69, 9.17) is 11.6 Å². The van der Waals surface area contributed by atoms with Crippen LogP contribution in [0.3, 0.4) is 0 Å². The molecule has 21 heavy (non-hydrogen) atoms. The molecule has 0 aromatic carbocycles. The van der Waals surface area contributed by atoms with E-state index in [2.05, 4.69) is 10.4 Å². The highest BCUT2D eigenvalue weighted by molar-refractivity contribution is 6.32. The summed E-state index contributed by atoms with van der Waals surface area (Å²) >= 11 is 6.06. The number of rotatable bonds is 7. The number of nitrogens with zero attached hydrogens (tertiary/aromatic N) is 2. The fourth-order valence-corrected chi connectivity index (χ4v) is 2.72. The highest BCUT2D eigenvalue weighted by atomic mass is 35.5. The van der Waals surface area contributed by atoms with Gasteiger partial charge in [0.2, 0.25) is 0 Å². The standard InChI is InChI=1S/C15H24ClN3O2/c1-10(2)6-12(20)7-17-14-13(16)8-18-19(15(14)21)9-11-4-3-5-11/h8,10-12,17,20H,3-7,9H2,1-2H3. The van der Waals surface area contributed by atoms with Crippen LogP contribution in [0.15, 0.2) is 11.0 Å². The van der Waals surface area contributed by atoms with E-state index in [0.717, 1.165) is 12.8 Å². The maximum atomic E-state index is 12.4. The first-order valence-electron chi connectivity index (χ1n) is 7.65. The van der Waals surface area contributed by atoms with E-state index in [0.29, 0.717) is 42.1 Å². The zero-order valence-electron chi connectivity index (χ0n) is 12.7. The molecule has 5 nitrogen and oxygen atoms in total. The van der Waals surface area contributed by atoms with E-state index in [9.17, 15) is 9.90 Å². The average molecular weight is 314 g/mol. The third-order valence-electron chi connectivity index (χ3n) is 3.91. The molecule has 1 aliphatic carbocycles. The Morgan fingerprint density at radius 3 is 2.81 bits per heavy atom. The smallest absolute Gasteiger partial charge is 0.291 e. The van der Waals surface area contributed by atoms with Crippen molar-refractivity contribution in [3.63, 3.8) is 0 Å². The number of aromatic nitrogens is 2. The number of halogens is 1. The van der Waals surface area contributed by atoms with Crippen LogP contribution in [0.1, 0.15) is 39.5 Å². The largest absolute Gasteiger partial charge is 0.391 e. The zero-order chi connectivity index (χ0) is 15.4. The molecule has 1 aliphatic rings. The van der Waals surface area contributed by atoms with E-state index in [-0.39, 0.29) is 5.56 Å². The molecule has 1 fully saturated rings. The molecule has 1 aromatic rings. The molecular formula is C15H24ClN3O2. The number of nitrogens with one attached hydrogen (secondary N) is 1. The van der Waals surface area contributed by atoms with Crippen molar-refractivity contribution in [3.8, 4) is 0 Å². The Morgan fingerprint density at radius 2 is 2.24 bits per heavy atom. The molecule has 0 aliphatic heterocycles. The van der Waals surface area contributed by atoms with Gasteiger partial charge in [-0.3, -0.25) is 4.79 Å². The van der Waals surface area contributed by atoms with Crippen molar-refractivity contribution < 1.29 is 5.11 Å². The lowest BCUT2D eigenvalue weighted by atomic mass is 9.85. The first-order chi connectivity index (χ1) is 9.97. The van der Waals surface area contributed by atoms with Gasteiger partial charge in [0.1, 0.15) is 5.69 Å². The maximum absolute atomic E-state index is 12.4. The summed E-state index contributed by atoms with van der Waals surface area (Å²) in [5.41, 5.74) is 0.139. The summed E-state index contributed by atoms with van der Waals surface area (Å²) in [7, 11) is 0. The molecule has 1 atom stereocenters. The summed E-state index contributed by atoms with van der Waals surface area (Å²) in [4.78, 5) is 12.4. The molecule has 0 amide bonds. The SMILES string of the molecule is CC(C)CC(O)CNc1c(Cl)cnn(CC2CCC2)c1=O. The summed E-state index contributed by atoms with van der Waals surface area (Å²) in [5.74, 6) is 0.959. The van der Waals surface area contributed by atoms with Crippen LogP contribution in [0.25, 0.3) is 0 Å². The Balaban J connectivity index is 2.03. The van der Waals surface area contributed by atoms with Crippen LogP contribution in [0.2, 0.25) is 5.02 Å². The first kappa shape index (κ1) is 16.3. The van der Waals surface area contributed by atoms with E-state index >= 15 is 0 Å². The van der Waals surface area contributed by atoms with Gasteiger partial charge in [-0.1, -0.05) is 31.9 Å². The van der Waals surface area contributed by atoms with Gasteiger partial charge in [-0.15, -0.1) is 0 Å². The number of hydrogen-bond acceptors (Lipinski definition) is 4.